The predicted molar refractivity (Wildman–Crippen MR) is 111 cm³/mol. The van der Waals surface area contributed by atoms with Crippen LogP contribution < -0.4 is 5.73 Å². The maximum Gasteiger partial charge on any atom is 0.252 e. The maximum absolute atomic E-state index is 12.4. The molecule has 29 heavy (non-hydrogen) atoms. The highest BCUT2D eigenvalue weighted by Gasteiger charge is 2.23. The highest BCUT2D eigenvalue weighted by atomic mass is 32.2. The molecule has 0 atom stereocenters. The lowest BCUT2D eigenvalue weighted by molar-refractivity contribution is 0.0980. The minimum atomic E-state index is -3.61. The average molecular weight is 435 g/mol. The minimum Gasteiger partial charge on any atom is -0.366 e. The number of thiophene rings is 1. The predicted octanol–water partition coefficient (Wildman–Crippen LogP) is 2.67. The zero-order valence-corrected chi connectivity index (χ0v) is 17.7. The fraction of sp³-hybridized carbons (Fsp3) is 0.211. The molecular formula is C19H22N4O4S2. The molecule has 0 unspecified atom stereocenters. The van der Waals surface area contributed by atoms with E-state index in [1.165, 1.54) is 22.8 Å². The Balaban J connectivity index is 0.000000278. The van der Waals surface area contributed by atoms with Crippen molar-refractivity contribution in [2.75, 3.05) is 7.05 Å². The second-order valence-corrected chi connectivity index (χ2v) is 9.20. The first kappa shape index (κ1) is 22.5. The van der Waals surface area contributed by atoms with Crippen molar-refractivity contribution in [1.82, 2.24) is 14.5 Å². The summed E-state index contributed by atoms with van der Waals surface area (Å²) in [6, 6.07) is 12.3. The number of hydrogen-bond acceptors (Lipinski definition) is 6. The van der Waals surface area contributed by atoms with Crippen LogP contribution >= 0.6 is 11.3 Å². The molecule has 0 bridgehead atoms. The van der Waals surface area contributed by atoms with Gasteiger partial charge in [0.1, 0.15) is 9.90 Å². The number of ketones is 1. The number of amides is 1. The summed E-state index contributed by atoms with van der Waals surface area (Å²) in [6.07, 6.45) is 2.10. The fourth-order valence-electron chi connectivity index (χ4n) is 2.26. The molecule has 0 aliphatic rings. The molecule has 154 valence electrons. The van der Waals surface area contributed by atoms with Gasteiger partial charge in [-0.15, -0.1) is 11.3 Å². The van der Waals surface area contributed by atoms with Gasteiger partial charge in [-0.1, -0.05) is 37.3 Å². The molecule has 3 N–H and O–H groups in total. The van der Waals surface area contributed by atoms with Crippen LogP contribution in [-0.4, -0.2) is 41.7 Å². The number of sulfonamides is 1. The van der Waals surface area contributed by atoms with E-state index >= 15 is 0 Å². The van der Waals surface area contributed by atoms with Gasteiger partial charge in [-0.3, -0.25) is 14.7 Å². The molecule has 0 saturated heterocycles. The lowest BCUT2D eigenvalue weighted by atomic mass is 10.2. The Hall–Kier alpha value is -2.82. The van der Waals surface area contributed by atoms with Crippen molar-refractivity contribution in [3.63, 3.8) is 0 Å². The van der Waals surface area contributed by atoms with Gasteiger partial charge < -0.3 is 5.73 Å². The summed E-state index contributed by atoms with van der Waals surface area (Å²) < 4.78 is 26.1. The Morgan fingerprint density at radius 2 is 1.90 bits per heavy atom. The summed E-state index contributed by atoms with van der Waals surface area (Å²) in [5, 5.41) is 7.68. The molecule has 3 rings (SSSR count). The molecular weight excluding hydrogens is 412 g/mol. The van der Waals surface area contributed by atoms with E-state index in [-0.39, 0.29) is 22.1 Å². The largest absolute Gasteiger partial charge is 0.366 e. The monoisotopic (exact) mass is 434 g/mol. The number of benzene rings is 1. The molecule has 10 heteroatoms. The number of nitrogens with zero attached hydrogens (tertiary/aromatic N) is 2. The Morgan fingerprint density at radius 1 is 1.21 bits per heavy atom. The van der Waals surface area contributed by atoms with E-state index in [0.717, 1.165) is 16.9 Å². The quantitative estimate of drug-likeness (QED) is 0.553. The number of nitrogens with two attached hydrogens (primary N) is 1. The van der Waals surface area contributed by atoms with Crippen LogP contribution in [0.4, 0.5) is 0 Å². The number of H-pyrrole nitrogens is 1. The molecule has 3 aromatic rings. The van der Waals surface area contributed by atoms with E-state index in [1.54, 1.807) is 12.3 Å². The molecule has 0 fully saturated rings. The zero-order valence-electron chi connectivity index (χ0n) is 16.0. The van der Waals surface area contributed by atoms with E-state index in [1.807, 2.05) is 37.3 Å². The first-order valence-corrected chi connectivity index (χ1v) is 11.0. The molecule has 1 aromatic carbocycles. The summed E-state index contributed by atoms with van der Waals surface area (Å²) in [6.45, 7) is 2.09. The van der Waals surface area contributed by atoms with E-state index in [9.17, 15) is 18.0 Å². The lowest BCUT2D eigenvalue weighted by Gasteiger charge is -2.15. The lowest BCUT2D eigenvalue weighted by Crippen LogP contribution is -2.25. The second kappa shape index (κ2) is 10.1. The van der Waals surface area contributed by atoms with Gasteiger partial charge in [0.25, 0.3) is 10.0 Å². The molecule has 0 aliphatic carbocycles. The Morgan fingerprint density at radius 3 is 2.41 bits per heavy atom. The van der Waals surface area contributed by atoms with Gasteiger partial charge in [-0.25, -0.2) is 8.42 Å². The van der Waals surface area contributed by atoms with Crippen LogP contribution in [0.25, 0.3) is 0 Å². The van der Waals surface area contributed by atoms with E-state index in [4.69, 9.17) is 5.73 Å². The van der Waals surface area contributed by atoms with Crippen molar-refractivity contribution in [3.05, 3.63) is 70.9 Å². The standard InChI is InChI=1S/C13H14N2O3S2.C6H8N2O/c1-15(8-10-5-3-2-4-6-10)20(17,18)12-7-11(9-19-12)13(14)16;1-2-6(9)5-3-4-7-8-5/h2-7,9H,8H2,1H3,(H2,14,16);3-4H,2H2,1H3,(H,7,8). The van der Waals surface area contributed by atoms with Crippen LogP contribution in [0.3, 0.4) is 0 Å². The van der Waals surface area contributed by atoms with Crippen LogP contribution in [0.1, 0.15) is 39.8 Å². The Bertz CT molecular complexity index is 1050. The van der Waals surface area contributed by atoms with Crippen molar-refractivity contribution in [2.24, 2.45) is 5.73 Å². The number of aromatic nitrogens is 2. The van der Waals surface area contributed by atoms with Crippen molar-refractivity contribution >= 4 is 33.1 Å². The summed E-state index contributed by atoms with van der Waals surface area (Å²) in [5.41, 5.74) is 6.83. The topological polar surface area (TPSA) is 126 Å². The van der Waals surface area contributed by atoms with Crippen molar-refractivity contribution in [1.29, 1.82) is 0 Å². The van der Waals surface area contributed by atoms with Crippen LogP contribution in [-0.2, 0) is 16.6 Å². The number of primary amides is 1. The number of carbonyl (C=O) groups is 2. The molecule has 1 amide bonds. The summed E-state index contributed by atoms with van der Waals surface area (Å²) >= 11 is 0.993. The number of nitrogens with one attached hydrogen (secondary N) is 1. The second-order valence-electron chi connectivity index (χ2n) is 6.01. The first-order chi connectivity index (χ1) is 13.8. The van der Waals surface area contributed by atoms with Gasteiger partial charge in [-0.2, -0.15) is 9.40 Å². The third-order valence-corrected chi connectivity index (χ3v) is 7.11. The number of Topliss-reactive ketones (excluding diaryl/α,β-unsaturated/α-hetero) is 1. The van der Waals surface area contributed by atoms with Gasteiger partial charge in [0.15, 0.2) is 5.78 Å². The molecule has 8 nitrogen and oxygen atoms in total. The molecule has 0 aliphatic heterocycles. The smallest absolute Gasteiger partial charge is 0.252 e. The molecule has 2 heterocycles. The van der Waals surface area contributed by atoms with Crippen molar-refractivity contribution in [3.8, 4) is 0 Å². The Labute approximate surface area is 173 Å². The van der Waals surface area contributed by atoms with Gasteiger partial charge >= 0.3 is 0 Å². The van der Waals surface area contributed by atoms with Crippen LogP contribution in [0, 0.1) is 0 Å². The van der Waals surface area contributed by atoms with E-state index < -0.39 is 15.9 Å². The third-order valence-electron chi connectivity index (χ3n) is 3.89. The molecule has 2 aromatic heterocycles. The zero-order chi connectivity index (χ0) is 21.4. The van der Waals surface area contributed by atoms with Crippen molar-refractivity contribution < 1.29 is 18.0 Å². The minimum absolute atomic E-state index is 0.104. The fourth-order valence-corrected chi connectivity index (χ4v) is 4.80. The summed E-state index contributed by atoms with van der Waals surface area (Å²) in [4.78, 5) is 21.8. The van der Waals surface area contributed by atoms with E-state index in [0.29, 0.717) is 12.1 Å². The van der Waals surface area contributed by atoms with Crippen LogP contribution in [0.2, 0.25) is 0 Å². The number of aromatic amines is 1. The third kappa shape index (κ3) is 6.08. The number of hydrogen-bond donors (Lipinski definition) is 2. The highest BCUT2D eigenvalue weighted by molar-refractivity contribution is 7.91. The summed E-state index contributed by atoms with van der Waals surface area (Å²) in [5.74, 6) is -0.527. The highest BCUT2D eigenvalue weighted by Crippen LogP contribution is 2.24. The van der Waals surface area contributed by atoms with Crippen LogP contribution in [0.15, 0.2) is 58.3 Å². The van der Waals surface area contributed by atoms with Gasteiger partial charge in [0.2, 0.25) is 5.91 Å². The molecule has 0 radical (unpaired) electrons. The molecule has 0 spiro atoms. The average Bonchev–Trinajstić information content (AvgIpc) is 3.41. The van der Waals surface area contributed by atoms with Crippen molar-refractivity contribution in [2.45, 2.75) is 24.1 Å². The Kier molecular flexibility index (Phi) is 7.82. The SMILES string of the molecule is CCC(=O)c1ccn[nH]1.CN(Cc1ccccc1)S(=O)(=O)c1cc(C(N)=O)cs1. The van der Waals surface area contributed by atoms with E-state index in [2.05, 4.69) is 10.2 Å². The normalized spacial score (nSPS) is 11.0. The summed E-state index contributed by atoms with van der Waals surface area (Å²) in [7, 11) is -2.10. The number of rotatable bonds is 7. The first-order valence-electron chi connectivity index (χ1n) is 8.66. The van der Waals surface area contributed by atoms with Gasteiger partial charge in [0.05, 0.1) is 5.56 Å². The van der Waals surface area contributed by atoms with Gasteiger partial charge in [-0.05, 0) is 17.7 Å². The number of carbonyl (C=O) groups excluding carboxylic acids is 2. The van der Waals surface area contributed by atoms with Gasteiger partial charge in [0, 0.05) is 31.6 Å². The van der Waals surface area contributed by atoms with Crippen LogP contribution in [0.5, 0.6) is 0 Å². The maximum atomic E-state index is 12.4. The molecule has 0 saturated carbocycles.